The summed E-state index contributed by atoms with van der Waals surface area (Å²) < 4.78 is 0. The number of likely N-dealkylation sites (tertiary alicyclic amines) is 2. The lowest BCUT2D eigenvalue weighted by molar-refractivity contribution is -0.127. The minimum atomic E-state index is 0.0488. The molecule has 4 rings (SSSR count). The number of carbonyl (C=O) groups is 3. The minimum absolute atomic E-state index is 0.0488. The largest absolute Gasteiger partial charge is 0.356 e. The highest BCUT2D eigenvalue weighted by Crippen LogP contribution is 2.30. The van der Waals surface area contributed by atoms with Gasteiger partial charge in [0.05, 0.1) is 5.69 Å². The van der Waals surface area contributed by atoms with Crippen LogP contribution < -0.4 is 5.32 Å². The molecular formula is C26H34N4O3S. The highest BCUT2D eigenvalue weighted by atomic mass is 32.1. The average molecular weight is 483 g/mol. The van der Waals surface area contributed by atoms with Gasteiger partial charge in [-0.2, -0.15) is 0 Å². The third-order valence-corrected chi connectivity index (χ3v) is 7.96. The van der Waals surface area contributed by atoms with Crippen LogP contribution in [-0.2, 0) is 9.59 Å². The van der Waals surface area contributed by atoms with E-state index >= 15 is 0 Å². The Morgan fingerprint density at radius 3 is 2.53 bits per heavy atom. The zero-order valence-electron chi connectivity index (χ0n) is 20.1. The van der Waals surface area contributed by atoms with Crippen molar-refractivity contribution in [1.82, 2.24) is 20.1 Å². The number of hydrogen-bond acceptors (Lipinski definition) is 5. The number of amides is 3. The SMILES string of the molecule is Cc1ccc(-c2nc(C)c(C(=O)N3CCC(CC(=O)NCCCN4CCCC4=O)CC3)s2)cc1. The van der Waals surface area contributed by atoms with Gasteiger partial charge in [0.2, 0.25) is 11.8 Å². The number of aryl methyl sites for hydroxylation is 2. The highest BCUT2D eigenvalue weighted by Gasteiger charge is 2.27. The Morgan fingerprint density at radius 1 is 1.12 bits per heavy atom. The molecule has 8 heteroatoms. The lowest BCUT2D eigenvalue weighted by atomic mass is 9.93. The maximum absolute atomic E-state index is 13.1. The van der Waals surface area contributed by atoms with E-state index in [-0.39, 0.29) is 17.7 Å². The van der Waals surface area contributed by atoms with Crippen LogP contribution in [0.5, 0.6) is 0 Å². The van der Waals surface area contributed by atoms with Crippen LogP contribution in [0.1, 0.15) is 59.5 Å². The van der Waals surface area contributed by atoms with Gasteiger partial charge in [-0.25, -0.2) is 4.98 Å². The van der Waals surface area contributed by atoms with E-state index < -0.39 is 0 Å². The molecule has 182 valence electrons. The van der Waals surface area contributed by atoms with Crippen LogP contribution in [0.2, 0.25) is 0 Å². The number of hydrogen-bond donors (Lipinski definition) is 1. The fourth-order valence-corrected chi connectivity index (χ4v) is 5.71. The highest BCUT2D eigenvalue weighted by molar-refractivity contribution is 7.17. The molecule has 1 N–H and O–H groups in total. The predicted octanol–water partition coefficient (Wildman–Crippen LogP) is 3.80. The molecule has 1 aromatic heterocycles. The molecule has 0 unspecified atom stereocenters. The molecule has 0 spiro atoms. The topological polar surface area (TPSA) is 82.6 Å². The van der Waals surface area contributed by atoms with E-state index in [4.69, 9.17) is 0 Å². The van der Waals surface area contributed by atoms with E-state index in [1.165, 1.54) is 16.9 Å². The van der Waals surface area contributed by atoms with E-state index in [0.29, 0.717) is 43.3 Å². The number of rotatable bonds is 8. The van der Waals surface area contributed by atoms with Crippen molar-refractivity contribution in [1.29, 1.82) is 0 Å². The summed E-state index contributed by atoms with van der Waals surface area (Å²) in [4.78, 5) is 46.2. The number of nitrogens with zero attached hydrogens (tertiary/aromatic N) is 3. The third kappa shape index (κ3) is 6.03. The summed E-state index contributed by atoms with van der Waals surface area (Å²) in [6, 6.07) is 8.21. The summed E-state index contributed by atoms with van der Waals surface area (Å²) in [5.41, 5.74) is 3.01. The smallest absolute Gasteiger partial charge is 0.265 e. The van der Waals surface area contributed by atoms with Crippen molar-refractivity contribution < 1.29 is 14.4 Å². The second-order valence-electron chi connectivity index (χ2n) is 9.43. The fourth-order valence-electron chi connectivity index (χ4n) is 4.67. The average Bonchev–Trinajstić information content (AvgIpc) is 3.42. The summed E-state index contributed by atoms with van der Waals surface area (Å²) in [6.07, 6.45) is 4.58. The van der Waals surface area contributed by atoms with Gasteiger partial charge in [0, 0.05) is 51.1 Å². The third-order valence-electron chi connectivity index (χ3n) is 6.76. The number of aromatic nitrogens is 1. The first kappa shape index (κ1) is 24.4. The minimum Gasteiger partial charge on any atom is -0.356 e. The lowest BCUT2D eigenvalue weighted by Crippen LogP contribution is -2.39. The summed E-state index contributed by atoms with van der Waals surface area (Å²) in [7, 11) is 0. The molecule has 34 heavy (non-hydrogen) atoms. The quantitative estimate of drug-likeness (QED) is 0.580. The van der Waals surface area contributed by atoms with Crippen molar-refractivity contribution in [2.75, 3.05) is 32.7 Å². The zero-order chi connectivity index (χ0) is 24.1. The standard InChI is InChI=1S/C26H34N4O3S/c1-18-6-8-21(9-7-18)25-28-19(2)24(34-25)26(33)30-15-10-20(11-16-30)17-22(31)27-12-4-14-29-13-3-5-23(29)32/h6-9,20H,3-5,10-17H2,1-2H3,(H,27,31). The van der Waals surface area contributed by atoms with Crippen LogP contribution in [0.15, 0.2) is 24.3 Å². The van der Waals surface area contributed by atoms with Crippen LogP contribution in [0.3, 0.4) is 0 Å². The van der Waals surface area contributed by atoms with Crippen LogP contribution in [0, 0.1) is 19.8 Å². The fraction of sp³-hybridized carbons (Fsp3) is 0.538. The second kappa shape index (κ2) is 11.1. The Kier molecular flexibility index (Phi) is 7.98. The molecule has 2 aliphatic heterocycles. The van der Waals surface area contributed by atoms with E-state index in [2.05, 4.69) is 29.4 Å². The molecule has 0 radical (unpaired) electrons. The number of nitrogens with one attached hydrogen (secondary N) is 1. The van der Waals surface area contributed by atoms with Gasteiger partial charge in [-0.3, -0.25) is 14.4 Å². The summed E-state index contributed by atoms with van der Waals surface area (Å²) in [5.74, 6) is 0.647. The van der Waals surface area contributed by atoms with Crippen LogP contribution >= 0.6 is 11.3 Å². The van der Waals surface area contributed by atoms with E-state index in [0.717, 1.165) is 55.0 Å². The van der Waals surface area contributed by atoms with Gasteiger partial charge < -0.3 is 15.1 Å². The molecule has 0 aliphatic carbocycles. The summed E-state index contributed by atoms with van der Waals surface area (Å²) in [6.45, 7) is 7.47. The lowest BCUT2D eigenvalue weighted by Gasteiger charge is -2.31. The Morgan fingerprint density at radius 2 is 1.85 bits per heavy atom. The van der Waals surface area contributed by atoms with Crippen molar-refractivity contribution >= 4 is 29.1 Å². The first-order chi connectivity index (χ1) is 16.4. The number of benzene rings is 1. The van der Waals surface area contributed by atoms with Crippen molar-refractivity contribution in [3.05, 3.63) is 40.4 Å². The molecule has 0 bridgehead atoms. The monoisotopic (exact) mass is 482 g/mol. The normalized spacial score (nSPS) is 16.8. The molecule has 0 atom stereocenters. The molecule has 2 aromatic rings. The first-order valence-corrected chi connectivity index (χ1v) is 13.1. The van der Waals surface area contributed by atoms with Crippen molar-refractivity contribution in [3.8, 4) is 10.6 Å². The van der Waals surface area contributed by atoms with Crippen LogP contribution in [0.4, 0.5) is 0 Å². The molecule has 3 amide bonds. The van der Waals surface area contributed by atoms with E-state index in [1.54, 1.807) is 0 Å². The van der Waals surface area contributed by atoms with Crippen molar-refractivity contribution in [3.63, 3.8) is 0 Å². The maximum Gasteiger partial charge on any atom is 0.265 e. The summed E-state index contributed by atoms with van der Waals surface area (Å²) in [5, 5.41) is 3.87. The number of thiazole rings is 1. The molecular weight excluding hydrogens is 448 g/mol. The molecule has 0 saturated carbocycles. The van der Waals surface area contributed by atoms with Crippen molar-refractivity contribution in [2.24, 2.45) is 5.92 Å². The molecule has 2 aliphatic rings. The van der Waals surface area contributed by atoms with Gasteiger partial charge in [-0.05, 0) is 45.4 Å². The van der Waals surface area contributed by atoms with Gasteiger partial charge in [0.15, 0.2) is 0 Å². The van der Waals surface area contributed by atoms with E-state index in [9.17, 15) is 14.4 Å². The molecule has 7 nitrogen and oxygen atoms in total. The Labute approximate surface area is 205 Å². The number of carbonyl (C=O) groups excluding carboxylic acids is 3. The summed E-state index contributed by atoms with van der Waals surface area (Å²) >= 11 is 1.46. The van der Waals surface area contributed by atoms with Gasteiger partial charge in [0.1, 0.15) is 9.88 Å². The second-order valence-corrected chi connectivity index (χ2v) is 10.4. The molecule has 1 aromatic carbocycles. The Bertz CT molecular complexity index is 1030. The Balaban J connectivity index is 1.20. The molecule has 2 fully saturated rings. The zero-order valence-corrected chi connectivity index (χ0v) is 21.0. The van der Waals surface area contributed by atoms with E-state index in [1.807, 2.05) is 28.9 Å². The van der Waals surface area contributed by atoms with Crippen molar-refractivity contribution in [2.45, 2.75) is 52.4 Å². The Hall–Kier alpha value is -2.74. The maximum atomic E-state index is 13.1. The predicted molar refractivity (Wildman–Crippen MR) is 134 cm³/mol. The van der Waals surface area contributed by atoms with Crippen LogP contribution in [-0.4, -0.2) is 65.2 Å². The molecule has 3 heterocycles. The van der Waals surface area contributed by atoms with Crippen LogP contribution in [0.25, 0.3) is 10.6 Å². The number of piperidine rings is 1. The van der Waals surface area contributed by atoms with Gasteiger partial charge in [0.25, 0.3) is 5.91 Å². The van der Waals surface area contributed by atoms with Gasteiger partial charge in [-0.15, -0.1) is 11.3 Å². The first-order valence-electron chi connectivity index (χ1n) is 12.3. The molecule has 2 saturated heterocycles. The van der Waals surface area contributed by atoms with Gasteiger partial charge in [-0.1, -0.05) is 29.8 Å². The van der Waals surface area contributed by atoms with Gasteiger partial charge >= 0.3 is 0 Å².